The van der Waals surface area contributed by atoms with E-state index in [0.717, 1.165) is 6.07 Å². The summed E-state index contributed by atoms with van der Waals surface area (Å²) >= 11 is 0. The number of aliphatic hydroxyl groups is 1. The molecule has 2 N–H and O–H groups in total. The molecule has 0 saturated heterocycles. The van der Waals surface area contributed by atoms with Crippen LogP contribution in [0, 0.1) is 17.6 Å². The molecular weight excluding hydrogens is 398 g/mol. The average Bonchev–Trinajstić information content (AvgIpc) is 3.40. The third-order valence-corrected chi connectivity index (χ3v) is 6.08. The number of halogens is 2. The second kappa shape index (κ2) is 7.02. The third-order valence-electron chi connectivity index (χ3n) is 6.08. The summed E-state index contributed by atoms with van der Waals surface area (Å²) < 4.78 is 28.3. The maximum absolute atomic E-state index is 13.8. The number of fused-ring (bicyclic) bond motifs is 2. The van der Waals surface area contributed by atoms with Gasteiger partial charge in [-0.2, -0.15) is 0 Å². The number of Topliss-reactive ketones (excluding diaryl/α,β-unsaturated/α-hetero) is 1. The van der Waals surface area contributed by atoms with Gasteiger partial charge in [0.1, 0.15) is 11.6 Å². The maximum atomic E-state index is 13.8. The van der Waals surface area contributed by atoms with Gasteiger partial charge in [0.05, 0.1) is 11.1 Å². The van der Waals surface area contributed by atoms with E-state index in [9.17, 15) is 33.4 Å². The van der Waals surface area contributed by atoms with Crippen LogP contribution in [-0.2, 0) is 12.0 Å². The number of pyridine rings is 1. The van der Waals surface area contributed by atoms with Gasteiger partial charge in [0.15, 0.2) is 17.2 Å². The number of amides is 1. The molecule has 1 aromatic heterocycles. The molecule has 1 aliphatic heterocycles. The van der Waals surface area contributed by atoms with Crippen molar-refractivity contribution in [3.8, 4) is 5.75 Å². The molecule has 0 radical (unpaired) electrons. The van der Waals surface area contributed by atoms with Crippen LogP contribution in [0.3, 0.4) is 0 Å². The van der Waals surface area contributed by atoms with Gasteiger partial charge in [-0.1, -0.05) is 6.07 Å². The summed E-state index contributed by atoms with van der Waals surface area (Å²) in [5.74, 6) is -3.69. The number of aromatic nitrogens is 1. The molecule has 0 unspecified atom stereocenters. The molecule has 1 spiro atoms. The lowest BCUT2D eigenvalue weighted by atomic mass is 10.00. The highest BCUT2D eigenvalue weighted by Crippen LogP contribution is 2.53. The highest BCUT2D eigenvalue weighted by molar-refractivity contribution is 6.00. The lowest BCUT2D eigenvalue weighted by Crippen LogP contribution is -2.48. The van der Waals surface area contributed by atoms with Gasteiger partial charge < -0.3 is 19.7 Å². The highest BCUT2D eigenvalue weighted by atomic mass is 19.1. The minimum atomic E-state index is -0.967. The van der Waals surface area contributed by atoms with Crippen LogP contribution in [0.25, 0.3) is 0 Å². The number of carbonyl (C=O) groups excluding carboxylic acids is 2. The monoisotopic (exact) mass is 418 g/mol. The van der Waals surface area contributed by atoms with E-state index in [2.05, 4.69) is 0 Å². The van der Waals surface area contributed by atoms with Crippen LogP contribution in [0.1, 0.15) is 39.3 Å². The quantitative estimate of drug-likeness (QED) is 0.716. The normalized spacial score (nSPS) is 22.3. The Labute approximate surface area is 170 Å². The van der Waals surface area contributed by atoms with Crippen LogP contribution >= 0.6 is 0 Å². The topological polar surface area (TPSA) is 99.8 Å². The SMILES string of the molecule is CN1C[C@@]2(C[C@@H]2CO)n2cc(C(=O)CCc3ccc(F)cc3F)c(=O)c(O)c2C1=O. The van der Waals surface area contributed by atoms with Crippen molar-refractivity contribution in [3.05, 3.63) is 63.1 Å². The maximum Gasteiger partial charge on any atom is 0.274 e. The second-order valence-corrected chi connectivity index (χ2v) is 7.95. The molecule has 158 valence electrons. The van der Waals surface area contributed by atoms with E-state index in [4.69, 9.17) is 0 Å². The number of benzene rings is 1. The van der Waals surface area contributed by atoms with Crippen LogP contribution in [0.5, 0.6) is 5.75 Å². The van der Waals surface area contributed by atoms with E-state index < -0.39 is 40.0 Å². The predicted molar refractivity (Wildman–Crippen MR) is 102 cm³/mol. The van der Waals surface area contributed by atoms with Crippen molar-refractivity contribution in [3.63, 3.8) is 0 Å². The lowest BCUT2D eigenvalue weighted by molar-refractivity contribution is 0.0672. The first-order chi connectivity index (χ1) is 14.2. The molecule has 9 heteroatoms. The highest BCUT2D eigenvalue weighted by Gasteiger charge is 2.59. The fraction of sp³-hybridized carbons (Fsp3) is 0.381. The molecule has 2 aromatic rings. The van der Waals surface area contributed by atoms with Crippen LogP contribution in [0.2, 0.25) is 0 Å². The average molecular weight is 418 g/mol. The van der Waals surface area contributed by atoms with Gasteiger partial charge in [0, 0.05) is 44.8 Å². The predicted octanol–water partition coefficient (Wildman–Crippen LogP) is 1.44. The minimum absolute atomic E-state index is 0.0566. The van der Waals surface area contributed by atoms with E-state index in [1.165, 1.54) is 21.7 Å². The molecule has 1 amide bonds. The van der Waals surface area contributed by atoms with Gasteiger partial charge in [-0.3, -0.25) is 14.4 Å². The number of nitrogens with zero attached hydrogens (tertiary/aromatic N) is 2. The number of rotatable bonds is 5. The third kappa shape index (κ3) is 3.00. The Bertz CT molecular complexity index is 1130. The molecule has 1 saturated carbocycles. The molecule has 2 heterocycles. The zero-order valence-corrected chi connectivity index (χ0v) is 16.2. The summed E-state index contributed by atoms with van der Waals surface area (Å²) in [5.41, 5.74) is -2.03. The van der Waals surface area contributed by atoms with E-state index >= 15 is 0 Å². The Kier molecular flexibility index (Phi) is 4.73. The van der Waals surface area contributed by atoms with Crippen molar-refractivity contribution >= 4 is 11.7 Å². The molecule has 30 heavy (non-hydrogen) atoms. The Morgan fingerprint density at radius 1 is 1.30 bits per heavy atom. The molecule has 1 aromatic carbocycles. The zero-order chi connectivity index (χ0) is 21.8. The van der Waals surface area contributed by atoms with Gasteiger partial charge in [-0.25, -0.2) is 8.78 Å². The summed E-state index contributed by atoms with van der Waals surface area (Å²) in [4.78, 5) is 39.3. The molecule has 4 rings (SSSR count). The summed E-state index contributed by atoms with van der Waals surface area (Å²) in [6.07, 6.45) is 1.51. The molecule has 0 bridgehead atoms. The van der Waals surface area contributed by atoms with Crippen LogP contribution in [0.4, 0.5) is 8.78 Å². The Balaban J connectivity index is 1.70. The van der Waals surface area contributed by atoms with E-state index in [-0.39, 0.29) is 48.7 Å². The Hall–Kier alpha value is -3.07. The molecule has 2 atom stereocenters. The van der Waals surface area contributed by atoms with Crippen LogP contribution in [0.15, 0.2) is 29.2 Å². The Morgan fingerprint density at radius 2 is 2.03 bits per heavy atom. The van der Waals surface area contributed by atoms with Gasteiger partial charge in [-0.15, -0.1) is 0 Å². The number of hydrogen-bond acceptors (Lipinski definition) is 5. The first kappa shape index (κ1) is 20.2. The molecule has 7 nitrogen and oxygen atoms in total. The van der Waals surface area contributed by atoms with Crippen LogP contribution < -0.4 is 5.43 Å². The summed E-state index contributed by atoms with van der Waals surface area (Å²) in [6, 6.07) is 3.03. The van der Waals surface area contributed by atoms with Crippen molar-refractivity contribution in [1.82, 2.24) is 9.47 Å². The van der Waals surface area contributed by atoms with E-state index in [1.807, 2.05) is 0 Å². The minimum Gasteiger partial charge on any atom is -0.503 e. The van der Waals surface area contributed by atoms with E-state index in [1.54, 1.807) is 7.05 Å². The summed E-state index contributed by atoms with van der Waals surface area (Å²) in [6.45, 7) is 0.141. The Morgan fingerprint density at radius 3 is 2.67 bits per heavy atom. The number of carbonyl (C=O) groups is 2. The van der Waals surface area contributed by atoms with Crippen LogP contribution in [-0.4, -0.2) is 51.6 Å². The first-order valence-electron chi connectivity index (χ1n) is 9.52. The smallest absolute Gasteiger partial charge is 0.274 e. The number of aromatic hydroxyl groups is 1. The number of hydrogen-bond donors (Lipinski definition) is 2. The van der Waals surface area contributed by atoms with Gasteiger partial charge in [-0.05, 0) is 24.5 Å². The molecule has 2 aliphatic rings. The largest absolute Gasteiger partial charge is 0.503 e. The number of ketones is 1. The number of likely N-dealkylation sites (N-methyl/N-ethyl adjacent to an activating group) is 1. The fourth-order valence-electron chi connectivity index (χ4n) is 4.29. The molecule has 1 aliphatic carbocycles. The van der Waals surface area contributed by atoms with Crippen molar-refractivity contribution in [1.29, 1.82) is 0 Å². The number of aryl methyl sites for hydroxylation is 1. The van der Waals surface area contributed by atoms with Crippen molar-refractivity contribution < 1.29 is 28.6 Å². The fourth-order valence-corrected chi connectivity index (χ4v) is 4.29. The second-order valence-electron chi connectivity index (χ2n) is 7.95. The van der Waals surface area contributed by atoms with E-state index in [0.29, 0.717) is 12.5 Å². The summed E-state index contributed by atoms with van der Waals surface area (Å²) in [5, 5.41) is 20.0. The van der Waals surface area contributed by atoms with Gasteiger partial charge in [0.2, 0.25) is 5.43 Å². The van der Waals surface area contributed by atoms with Crippen molar-refractivity contribution in [2.75, 3.05) is 20.2 Å². The van der Waals surface area contributed by atoms with Crippen molar-refractivity contribution in [2.24, 2.45) is 5.92 Å². The van der Waals surface area contributed by atoms with Gasteiger partial charge in [0.25, 0.3) is 5.91 Å². The zero-order valence-electron chi connectivity index (χ0n) is 16.2. The van der Waals surface area contributed by atoms with Gasteiger partial charge >= 0.3 is 0 Å². The molecular formula is C21H20F2N2O5. The van der Waals surface area contributed by atoms with Crippen molar-refractivity contribution in [2.45, 2.75) is 24.8 Å². The lowest BCUT2D eigenvalue weighted by Gasteiger charge is -2.35. The summed E-state index contributed by atoms with van der Waals surface area (Å²) in [7, 11) is 1.54. The molecule has 1 fully saturated rings. The standard InChI is InChI=1S/C21H20F2N2O5/c1-24-10-21(7-12(21)9-26)25-8-14(18(28)19(29)17(25)20(24)30)16(27)5-3-11-2-4-13(22)6-15(11)23/h2,4,6,8,12,26,29H,3,5,7,9-10H2,1H3/t12-,21-/m1/s1. The first-order valence-corrected chi connectivity index (χ1v) is 9.52. The number of aliphatic hydroxyl groups excluding tert-OH is 1.